The van der Waals surface area contributed by atoms with E-state index >= 15 is 0 Å². The Morgan fingerprint density at radius 1 is 1.07 bits per heavy atom. The van der Waals surface area contributed by atoms with Crippen LogP contribution in [-0.2, 0) is 20.7 Å². The molecule has 1 unspecified atom stereocenters. The predicted octanol–water partition coefficient (Wildman–Crippen LogP) is 2.58. The zero-order chi connectivity index (χ0) is 20.4. The summed E-state index contributed by atoms with van der Waals surface area (Å²) in [5.41, 5.74) is 2.17. The number of carbonyl (C=O) groups is 3. The number of benzene rings is 1. The van der Waals surface area contributed by atoms with Crippen LogP contribution in [0.25, 0.3) is 0 Å². The van der Waals surface area contributed by atoms with Gasteiger partial charge < -0.3 is 14.5 Å². The van der Waals surface area contributed by atoms with E-state index < -0.39 is 0 Å². The van der Waals surface area contributed by atoms with Crippen LogP contribution in [0.4, 0.5) is 10.5 Å². The second-order valence-electron chi connectivity index (χ2n) is 8.08. The van der Waals surface area contributed by atoms with E-state index in [1.54, 1.807) is 4.90 Å². The quantitative estimate of drug-likeness (QED) is 0.763. The van der Waals surface area contributed by atoms with Gasteiger partial charge in [-0.25, -0.2) is 4.79 Å². The first kappa shape index (κ1) is 19.7. The van der Waals surface area contributed by atoms with Gasteiger partial charge in [-0.2, -0.15) is 0 Å². The van der Waals surface area contributed by atoms with Gasteiger partial charge in [0.2, 0.25) is 11.8 Å². The van der Waals surface area contributed by atoms with Crippen molar-refractivity contribution < 1.29 is 19.1 Å². The van der Waals surface area contributed by atoms with Crippen molar-refractivity contribution >= 4 is 23.6 Å². The van der Waals surface area contributed by atoms with Crippen molar-refractivity contribution in [3.05, 3.63) is 29.8 Å². The van der Waals surface area contributed by atoms with Gasteiger partial charge in [0.25, 0.3) is 0 Å². The summed E-state index contributed by atoms with van der Waals surface area (Å²) in [6.07, 6.45) is 3.55. The van der Waals surface area contributed by atoms with E-state index in [9.17, 15) is 14.4 Å². The smallest absolute Gasteiger partial charge is 0.410 e. The van der Waals surface area contributed by atoms with Gasteiger partial charge in [0, 0.05) is 44.2 Å². The summed E-state index contributed by atoms with van der Waals surface area (Å²) in [5, 5.41) is 0. The average Bonchev–Trinajstić information content (AvgIpc) is 3.35. The summed E-state index contributed by atoms with van der Waals surface area (Å²) in [6.45, 7) is 4.49. The maximum Gasteiger partial charge on any atom is 0.410 e. The number of para-hydroxylation sites is 1. The van der Waals surface area contributed by atoms with Crippen molar-refractivity contribution in [3.8, 4) is 0 Å². The third-order valence-corrected chi connectivity index (χ3v) is 6.43. The normalized spacial score (nSPS) is 22.0. The molecule has 3 aliphatic rings. The maximum absolute atomic E-state index is 12.6. The van der Waals surface area contributed by atoms with E-state index in [0.717, 1.165) is 31.4 Å². The molecule has 7 nitrogen and oxygen atoms in total. The standard InChI is InChI=1S/C22H29N3O4/c1-2-17-15-29-22(28)25(17)18-10-12-23(13-11-18)20(26)7-8-21(27)24-14-9-16-5-3-4-6-19(16)24/h3-6,17-18H,2,7-15H2,1H3. The molecule has 0 radical (unpaired) electrons. The van der Waals surface area contributed by atoms with E-state index in [2.05, 4.69) is 13.0 Å². The van der Waals surface area contributed by atoms with Crippen LogP contribution in [0.2, 0.25) is 0 Å². The molecule has 4 rings (SSSR count). The zero-order valence-corrected chi connectivity index (χ0v) is 17.0. The molecule has 0 aromatic heterocycles. The molecule has 29 heavy (non-hydrogen) atoms. The number of piperidine rings is 1. The molecule has 7 heteroatoms. The molecule has 1 atom stereocenters. The van der Waals surface area contributed by atoms with Crippen LogP contribution in [0.15, 0.2) is 24.3 Å². The summed E-state index contributed by atoms with van der Waals surface area (Å²) >= 11 is 0. The molecule has 0 aliphatic carbocycles. The number of fused-ring (bicyclic) bond motifs is 1. The second-order valence-corrected chi connectivity index (χ2v) is 8.08. The van der Waals surface area contributed by atoms with Crippen LogP contribution in [-0.4, -0.2) is 66.0 Å². The molecule has 1 aromatic carbocycles. The second kappa shape index (κ2) is 8.43. The highest BCUT2D eigenvalue weighted by molar-refractivity contribution is 5.97. The molecule has 0 N–H and O–H groups in total. The van der Waals surface area contributed by atoms with E-state index in [4.69, 9.17) is 4.74 Å². The van der Waals surface area contributed by atoms with E-state index in [1.807, 2.05) is 28.0 Å². The number of carbonyl (C=O) groups excluding carboxylic acids is 3. The van der Waals surface area contributed by atoms with Gasteiger partial charge in [-0.05, 0) is 37.3 Å². The fraction of sp³-hybridized carbons (Fsp3) is 0.591. The van der Waals surface area contributed by atoms with Crippen molar-refractivity contribution in [2.75, 3.05) is 31.1 Å². The molecule has 0 bridgehead atoms. The Labute approximate surface area is 171 Å². The lowest BCUT2D eigenvalue weighted by molar-refractivity contribution is -0.134. The van der Waals surface area contributed by atoms with Gasteiger partial charge in [-0.1, -0.05) is 25.1 Å². The summed E-state index contributed by atoms with van der Waals surface area (Å²) in [4.78, 5) is 42.8. The van der Waals surface area contributed by atoms with Crippen molar-refractivity contribution in [2.45, 2.75) is 57.5 Å². The van der Waals surface area contributed by atoms with Gasteiger partial charge in [-0.15, -0.1) is 0 Å². The van der Waals surface area contributed by atoms with Crippen LogP contribution in [0, 0.1) is 0 Å². The first-order chi connectivity index (χ1) is 14.1. The molecule has 0 spiro atoms. The number of hydrogen-bond donors (Lipinski definition) is 0. The Kier molecular flexibility index (Phi) is 5.74. The average molecular weight is 399 g/mol. The van der Waals surface area contributed by atoms with Crippen molar-refractivity contribution in [1.29, 1.82) is 0 Å². The van der Waals surface area contributed by atoms with Gasteiger partial charge >= 0.3 is 6.09 Å². The van der Waals surface area contributed by atoms with Crippen molar-refractivity contribution in [1.82, 2.24) is 9.80 Å². The van der Waals surface area contributed by atoms with Crippen molar-refractivity contribution in [2.24, 2.45) is 0 Å². The summed E-state index contributed by atoms with van der Waals surface area (Å²) < 4.78 is 5.20. The molecule has 3 amide bonds. The van der Waals surface area contributed by atoms with Gasteiger partial charge in [0.15, 0.2) is 0 Å². The summed E-state index contributed by atoms with van der Waals surface area (Å²) in [6, 6.07) is 8.25. The SMILES string of the molecule is CCC1COC(=O)N1C1CCN(C(=O)CCC(=O)N2CCc3ccccc32)CC1. The minimum atomic E-state index is -0.224. The number of ether oxygens (including phenoxy) is 1. The van der Waals surface area contributed by atoms with Crippen LogP contribution in [0.3, 0.4) is 0 Å². The minimum absolute atomic E-state index is 0.0174. The third-order valence-electron chi connectivity index (χ3n) is 6.43. The first-order valence-electron chi connectivity index (χ1n) is 10.7. The Bertz CT molecular complexity index is 788. The Hall–Kier alpha value is -2.57. The zero-order valence-electron chi connectivity index (χ0n) is 17.0. The van der Waals surface area contributed by atoms with Crippen LogP contribution < -0.4 is 4.90 Å². The fourth-order valence-electron chi connectivity index (χ4n) is 4.73. The number of anilines is 1. The number of nitrogens with zero attached hydrogens (tertiary/aromatic N) is 3. The monoisotopic (exact) mass is 399 g/mol. The Balaban J connectivity index is 1.25. The largest absolute Gasteiger partial charge is 0.447 e. The summed E-state index contributed by atoms with van der Waals surface area (Å²) in [5.74, 6) is 0.0455. The molecule has 0 saturated carbocycles. The van der Waals surface area contributed by atoms with Gasteiger partial charge in [0.05, 0.1) is 6.04 Å². The molecule has 2 saturated heterocycles. The predicted molar refractivity (Wildman–Crippen MR) is 109 cm³/mol. The molecular formula is C22H29N3O4. The number of rotatable bonds is 5. The minimum Gasteiger partial charge on any atom is -0.447 e. The lowest BCUT2D eigenvalue weighted by Crippen LogP contribution is -2.49. The molecule has 3 aliphatic heterocycles. The molecular weight excluding hydrogens is 370 g/mol. The van der Waals surface area contributed by atoms with Gasteiger partial charge in [-0.3, -0.25) is 14.5 Å². The molecule has 156 valence electrons. The lowest BCUT2D eigenvalue weighted by atomic mass is 10.0. The summed E-state index contributed by atoms with van der Waals surface area (Å²) in [7, 11) is 0. The Morgan fingerprint density at radius 2 is 1.79 bits per heavy atom. The lowest BCUT2D eigenvalue weighted by Gasteiger charge is -2.37. The van der Waals surface area contributed by atoms with Crippen LogP contribution in [0.5, 0.6) is 0 Å². The molecule has 3 heterocycles. The maximum atomic E-state index is 12.6. The van der Waals surface area contributed by atoms with Crippen LogP contribution >= 0.6 is 0 Å². The fourth-order valence-corrected chi connectivity index (χ4v) is 4.73. The van der Waals surface area contributed by atoms with Gasteiger partial charge in [0.1, 0.15) is 6.61 Å². The number of likely N-dealkylation sites (tertiary alicyclic amines) is 1. The number of cyclic esters (lactones) is 1. The van der Waals surface area contributed by atoms with E-state index in [0.29, 0.717) is 26.2 Å². The van der Waals surface area contributed by atoms with Crippen LogP contribution in [0.1, 0.15) is 44.6 Å². The highest BCUT2D eigenvalue weighted by atomic mass is 16.6. The number of amides is 3. The molecule has 2 fully saturated rings. The van der Waals surface area contributed by atoms with Crippen molar-refractivity contribution in [3.63, 3.8) is 0 Å². The first-order valence-corrected chi connectivity index (χ1v) is 10.7. The highest BCUT2D eigenvalue weighted by Crippen LogP contribution is 2.29. The number of hydrogen-bond acceptors (Lipinski definition) is 4. The van der Waals surface area contributed by atoms with E-state index in [1.165, 1.54) is 5.56 Å². The molecule has 1 aromatic rings. The third kappa shape index (κ3) is 3.95. The highest BCUT2D eigenvalue weighted by Gasteiger charge is 2.39. The van der Waals surface area contributed by atoms with E-state index in [-0.39, 0.29) is 42.8 Å². The Morgan fingerprint density at radius 3 is 2.55 bits per heavy atom. The topological polar surface area (TPSA) is 70.2 Å².